The molecule has 0 atom stereocenters. The van der Waals surface area contributed by atoms with Gasteiger partial charge in [-0.3, -0.25) is 4.55 Å². The summed E-state index contributed by atoms with van der Waals surface area (Å²) in [6.07, 6.45) is 0. The predicted molar refractivity (Wildman–Crippen MR) is 48.3 cm³/mol. The molecule has 67 valence electrons. The lowest BCUT2D eigenvalue weighted by Gasteiger charge is -1.94. The first kappa shape index (κ1) is 8.61. The first-order chi connectivity index (χ1) is 6.07. The molecule has 2 rings (SSSR count). The zero-order chi connectivity index (χ0) is 9.47. The third-order valence-electron chi connectivity index (χ3n) is 1.55. The van der Waals surface area contributed by atoms with Crippen molar-refractivity contribution in [3.63, 3.8) is 0 Å². The smallest absolute Gasteiger partial charge is 0.282 e. The molecule has 1 N–H and O–H groups in total. The van der Waals surface area contributed by atoms with Crippen LogP contribution in [0.25, 0.3) is 10.2 Å². The van der Waals surface area contributed by atoms with Gasteiger partial charge in [0.05, 0.1) is 15.1 Å². The molecule has 4 nitrogen and oxygen atoms in total. The second-order valence-electron chi connectivity index (χ2n) is 2.41. The van der Waals surface area contributed by atoms with Crippen LogP contribution in [0.4, 0.5) is 0 Å². The Kier molecular flexibility index (Phi) is 1.83. The lowest BCUT2D eigenvalue weighted by Crippen LogP contribution is -1.96. The molecule has 0 bridgehead atoms. The number of benzene rings is 1. The minimum atomic E-state index is -4.12. The van der Waals surface area contributed by atoms with Crippen LogP contribution in [0.15, 0.2) is 23.1 Å². The molecular weight excluding hydrogens is 210 g/mol. The summed E-state index contributed by atoms with van der Waals surface area (Å²) in [4.78, 5) is 3.67. The Labute approximate surface area is 78.6 Å². The summed E-state index contributed by atoms with van der Waals surface area (Å²) in [5, 5.41) is 0. The standard InChI is InChI=1S/C7H4NO3S2/c9-13(10,11)5-1-2-7-6(3-5)8-4-12-7/h1-3H,(H,9,10,11). The van der Waals surface area contributed by atoms with Crippen LogP contribution in [0.1, 0.15) is 0 Å². The Balaban J connectivity index is 2.75. The van der Waals surface area contributed by atoms with Crippen molar-refractivity contribution in [2.45, 2.75) is 4.90 Å². The fourth-order valence-electron chi connectivity index (χ4n) is 0.952. The second-order valence-corrected chi connectivity index (χ2v) is 4.66. The van der Waals surface area contributed by atoms with E-state index < -0.39 is 10.1 Å². The summed E-state index contributed by atoms with van der Waals surface area (Å²) in [5.74, 6) is 0. The van der Waals surface area contributed by atoms with E-state index in [0.717, 1.165) is 4.70 Å². The highest BCUT2D eigenvalue weighted by Crippen LogP contribution is 2.20. The summed E-state index contributed by atoms with van der Waals surface area (Å²) >= 11 is 1.29. The molecule has 1 radical (unpaired) electrons. The molecule has 1 aromatic carbocycles. The van der Waals surface area contributed by atoms with Gasteiger partial charge in [0.25, 0.3) is 10.1 Å². The lowest BCUT2D eigenvalue weighted by atomic mass is 10.3. The largest absolute Gasteiger partial charge is 0.294 e. The maximum absolute atomic E-state index is 10.7. The molecule has 0 unspecified atom stereocenters. The normalized spacial score (nSPS) is 12.1. The van der Waals surface area contributed by atoms with Crippen LogP contribution < -0.4 is 0 Å². The van der Waals surface area contributed by atoms with E-state index in [1.54, 1.807) is 6.07 Å². The number of nitrogens with zero attached hydrogens (tertiary/aromatic N) is 1. The van der Waals surface area contributed by atoms with E-state index in [-0.39, 0.29) is 4.90 Å². The Morgan fingerprint density at radius 3 is 2.92 bits per heavy atom. The quantitative estimate of drug-likeness (QED) is 0.727. The highest BCUT2D eigenvalue weighted by Gasteiger charge is 2.10. The van der Waals surface area contributed by atoms with Gasteiger partial charge in [-0.1, -0.05) is 0 Å². The Bertz CT molecular complexity index is 544. The van der Waals surface area contributed by atoms with Gasteiger partial charge in [0.15, 0.2) is 5.51 Å². The van der Waals surface area contributed by atoms with Crippen LogP contribution in [0, 0.1) is 5.51 Å². The average molecular weight is 214 g/mol. The van der Waals surface area contributed by atoms with Crippen LogP contribution in [-0.4, -0.2) is 18.0 Å². The molecule has 1 heterocycles. The van der Waals surface area contributed by atoms with Gasteiger partial charge in [-0.2, -0.15) is 8.42 Å². The van der Waals surface area contributed by atoms with Crippen molar-refractivity contribution in [2.75, 3.05) is 0 Å². The van der Waals surface area contributed by atoms with Crippen molar-refractivity contribution >= 4 is 31.7 Å². The fraction of sp³-hybridized carbons (Fsp3) is 0. The topological polar surface area (TPSA) is 67.3 Å². The third kappa shape index (κ3) is 1.55. The van der Waals surface area contributed by atoms with Crippen LogP contribution >= 0.6 is 11.3 Å². The van der Waals surface area contributed by atoms with Crippen LogP contribution in [-0.2, 0) is 10.1 Å². The zero-order valence-corrected chi connectivity index (χ0v) is 7.89. The Hall–Kier alpha value is -0.980. The Morgan fingerprint density at radius 2 is 2.23 bits per heavy atom. The Morgan fingerprint density at radius 1 is 1.46 bits per heavy atom. The number of rotatable bonds is 1. The minimum absolute atomic E-state index is 0.140. The van der Waals surface area contributed by atoms with Crippen LogP contribution in [0.3, 0.4) is 0 Å². The molecule has 6 heteroatoms. The molecule has 0 amide bonds. The van der Waals surface area contributed by atoms with Crippen molar-refractivity contribution < 1.29 is 13.0 Å². The molecule has 0 saturated heterocycles. The van der Waals surface area contributed by atoms with Crippen LogP contribution in [0.2, 0.25) is 0 Å². The number of hydrogen-bond acceptors (Lipinski definition) is 4. The van der Waals surface area contributed by atoms with Crippen LogP contribution in [0.5, 0.6) is 0 Å². The minimum Gasteiger partial charge on any atom is -0.282 e. The van der Waals surface area contributed by atoms with Gasteiger partial charge in [0, 0.05) is 0 Å². The molecule has 0 spiro atoms. The SMILES string of the molecule is O=S(=O)(O)c1ccc2s[c]nc2c1. The van der Waals surface area contributed by atoms with E-state index >= 15 is 0 Å². The zero-order valence-electron chi connectivity index (χ0n) is 6.26. The summed E-state index contributed by atoms with van der Waals surface area (Å²) in [6.45, 7) is 0. The molecule has 2 aromatic rings. The summed E-state index contributed by atoms with van der Waals surface area (Å²) in [7, 11) is -4.12. The van der Waals surface area contributed by atoms with Crippen molar-refractivity contribution in [3.05, 3.63) is 23.7 Å². The highest BCUT2D eigenvalue weighted by atomic mass is 32.2. The number of aromatic nitrogens is 1. The monoisotopic (exact) mass is 214 g/mol. The molecule has 0 aliphatic carbocycles. The van der Waals surface area contributed by atoms with E-state index in [1.807, 2.05) is 0 Å². The average Bonchev–Trinajstić information content (AvgIpc) is 2.47. The lowest BCUT2D eigenvalue weighted by molar-refractivity contribution is 0.483. The molecule has 0 aliphatic rings. The number of fused-ring (bicyclic) bond motifs is 1. The summed E-state index contributed by atoms with van der Waals surface area (Å²) < 4.78 is 31.0. The first-order valence-corrected chi connectivity index (χ1v) is 5.57. The van der Waals surface area contributed by atoms with E-state index in [9.17, 15) is 8.42 Å². The number of thiazole rings is 1. The van der Waals surface area contributed by atoms with Crippen molar-refractivity contribution in [1.82, 2.24) is 4.98 Å². The summed E-state index contributed by atoms with van der Waals surface area (Å²) in [6, 6.07) is 4.24. The van der Waals surface area contributed by atoms with E-state index in [4.69, 9.17) is 4.55 Å². The van der Waals surface area contributed by atoms with Crippen molar-refractivity contribution in [1.29, 1.82) is 0 Å². The molecule has 13 heavy (non-hydrogen) atoms. The molecule has 0 saturated carbocycles. The van der Waals surface area contributed by atoms with Gasteiger partial charge in [0.1, 0.15) is 0 Å². The molecular formula is C7H4NO3S2. The van der Waals surface area contributed by atoms with Gasteiger partial charge in [0.2, 0.25) is 0 Å². The molecule has 0 fully saturated rings. The first-order valence-electron chi connectivity index (χ1n) is 3.31. The van der Waals surface area contributed by atoms with E-state index in [0.29, 0.717) is 5.52 Å². The third-order valence-corrected chi connectivity index (χ3v) is 3.15. The van der Waals surface area contributed by atoms with Gasteiger partial charge < -0.3 is 0 Å². The number of hydrogen-bond donors (Lipinski definition) is 1. The highest BCUT2D eigenvalue weighted by molar-refractivity contribution is 7.85. The maximum Gasteiger partial charge on any atom is 0.294 e. The fourth-order valence-corrected chi connectivity index (χ4v) is 2.04. The predicted octanol–water partition coefficient (Wildman–Crippen LogP) is 1.34. The van der Waals surface area contributed by atoms with E-state index in [1.165, 1.54) is 23.5 Å². The van der Waals surface area contributed by atoms with Gasteiger partial charge in [-0.15, -0.1) is 11.3 Å². The van der Waals surface area contributed by atoms with Gasteiger partial charge >= 0.3 is 0 Å². The van der Waals surface area contributed by atoms with E-state index in [2.05, 4.69) is 10.5 Å². The molecule has 0 aliphatic heterocycles. The second kappa shape index (κ2) is 2.76. The van der Waals surface area contributed by atoms with Crippen molar-refractivity contribution in [2.24, 2.45) is 0 Å². The van der Waals surface area contributed by atoms with Gasteiger partial charge in [-0.05, 0) is 18.2 Å². The maximum atomic E-state index is 10.7. The van der Waals surface area contributed by atoms with Crippen molar-refractivity contribution in [3.8, 4) is 0 Å². The summed E-state index contributed by atoms with van der Waals surface area (Å²) in [5.41, 5.74) is 3.16. The molecule has 1 aromatic heterocycles. The van der Waals surface area contributed by atoms with Gasteiger partial charge in [-0.25, -0.2) is 4.98 Å².